The maximum absolute atomic E-state index is 8.75. The molecule has 0 aliphatic carbocycles. The highest BCUT2D eigenvalue weighted by atomic mass is 35.5. The molecule has 2 heterocycles. The van der Waals surface area contributed by atoms with Gasteiger partial charge in [0.15, 0.2) is 0 Å². The van der Waals surface area contributed by atoms with Crippen LogP contribution in [-0.4, -0.2) is 9.97 Å². The van der Waals surface area contributed by atoms with E-state index < -0.39 is 0 Å². The van der Waals surface area contributed by atoms with E-state index >= 15 is 0 Å². The fourth-order valence-corrected chi connectivity index (χ4v) is 1.75. The summed E-state index contributed by atoms with van der Waals surface area (Å²) in [7, 11) is 0. The molecule has 15 heavy (non-hydrogen) atoms. The first kappa shape index (κ1) is 9.88. The van der Waals surface area contributed by atoms with E-state index in [9.17, 15) is 0 Å². The van der Waals surface area contributed by atoms with Gasteiger partial charge in [-0.3, -0.25) is 9.97 Å². The first-order chi connectivity index (χ1) is 7.36. The van der Waals surface area contributed by atoms with Crippen LogP contribution in [-0.2, 0) is 12.3 Å². The minimum atomic E-state index is 0.295. The van der Waals surface area contributed by atoms with Crippen molar-refractivity contribution in [2.45, 2.75) is 12.3 Å². The smallest absolute Gasteiger partial charge is 0.0778 e. The number of rotatable bonds is 2. The standard InChI is InChI=1S/C11H8ClN3/c12-6-10-9(3-4-13)11-8(7-15-10)2-1-5-14-11/h1-2,5,7H,3,6H2. The lowest BCUT2D eigenvalue weighted by Gasteiger charge is -2.05. The molecule has 0 spiro atoms. The number of alkyl halides is 1. The Morgan fingerprint density at radius 2 is 2.27 bits per heavy atom. The fourth-order valence-electron chi connectivity index (χ4n) is 1.52. The van der Waals surface area contributed by atoms with Gasteiger partial charge in [0, 0.05) is 23.3 Å². The molecule has 0 saturated heterocycles. The average Bonchev–Trinajstić information content (AvgIpc) is 2.30. The summed E-state index contributed by atoms with van der Waals surface area (Å²) >= 11 is 5.77. The highest BCUT2D eigenvalue weighted by molar-refractivity contribution is 6.17. The van der Waals surface area contributed by atoms with Crippen LogP contribution in [0.2, 0.25) is 0 Å². The Hall–Kier alpha value is -1.66. The molecule has 0 N–H and O–H groups in total. The zero-order chi connectivity index (χ0) is 10.7. The lowest BCUT2D eigenvalue weighted by atomic mass is 10.1. The van der Waals surface area contributed by atoms with Crippen LogP contribution in [0, 0.1) is 11.3 Å². The Morgan fingerprint density at radius 1 is 1.40 bits per heavy atom. The van der Waals surface area contributed by atoms with Crippen molar-refractivity contribution in [3.8, 4) is 6.07 Å². The van der Waals surface area contributed by atoms with E-state index in [0.717, 1.165) is 22.2 Å². The van der Waals surface area contributed by atoms with E-state index in [-0.39, 0.29) is 0 Å². The molecule has 2 aromatic heterocycles. The number of halogens is 1. The van der Waals surface area contributed by atoms with Gasteiger partial charge >= 0.3 is 0 Å². The summed E-state index contributed by atoms with van der Waals surface area (Å²) in [6.45, 7) is 0. The van der Waals surface area contributed by atoms with E-state index in [1.807, 2.05) is 12.1 Å². The molecular formula is C11H8ClN3. The van der Waals surface area contributed by atoms with Gasteiger partial charge in [0.05, 0.1) is 29.6 Å². The molecule has 3 nitrogen and oxygen atoms in total. The maximum Gasteiger partial charge on any atom is 0.0778 e. The molecule has 2 rings (SSSR count). The molecule has 0 aliphatic rings. The normalized spacial score (nSPS) is 10.1. The lowest BCUT2D eigenvalue weighted by Crippen LogP contribution is -1.97. The summed E-state index contributed by atoms with van der Waals surface area (Å²) in [5, 5.41) is 9.69. The summed E-state index contributed by atoms with van der Waals surface area (Å²) in [6.07, 6.45) is 3.74. The van der Waals surface area contributed by atoms with E-state index in [1.165, 1.54) is 0 Å². The zero-order valence-electron chi connectivity index (χ0n) is 7.94. The largest absolute Gasteiger partial charge is 0.259 e. The molecule has 0 aliphatic heterocycles. The van der Waals surface area contributed by atoms with Crippen molar-refractivity contribution in [2.24, 2.45) is 0 Å². The number of nitriles is 1. The Bertz CT molecular complexity index is 531. The second-order valence-corrected chi connectivity index (χ2v) is 3.36. The predicted octanol–water partition coefficient (Wildman–Crippen LogP) is 2.43. The van der Waals surface area contributed by atoms with Crippen LogP contribution < -0.4 is 0 Å². The molecule has 2 aromatic rings. The third kappa shape index (κ3) is 1.77. The van der Waals surface area contributed by atoms with Crippen molar-refractivity contribution in [1.29, 1.82) is 5.26 Å². The Kier molecular flexibility index (Phi) is 2.79. The topological polar surface area (TPSA) is 49.6 Å². The number of pyridine rings is 2. The van der Waals surface area contributed by atoms with Gasteiger partial charge in [-0.25, -0.2) is 0 Å². The molecule has 0 radical (unpaired) electrons. The second kappa shape index (κ2) is 4.24. The first-order valence-electron chi connectivity index (χ1n) is 4.51. The third-order valence-corrected chi connectivity index (χ3v) is 2.47. The maximum atomic E-state index is 8.75. The van der Waals surface area contributed by atoms with E-state index in [2.05, 4.69) is 16.0 Å². The van der Waals surface area contributed by atoms with Crippen LogP contribution in [0.4, 0.5) is 0 Å². The highest BCUT2D eigenvalue weighted by Crippen LogP contribution is 2.19. The number of hydrogen-bond acceptors (Lipinski definition) is 3. The van der Waals surface area contributed by atoms with Gasteiger partial charge in [-0.05, 0) is 12.1 Å². The van der Waals surface area contributed by atoms with Gasteiger partial charge in [0.2, 0.25) is 0 Å². The van der Waals surface area contributed by atoms with Crippen LogP contribution in [0.5, 0.6) is 0 Å². The van der Waals surface area contributed by atoms with Gasteiger partial charge in [-0.1, -0.05) is 0 Å². The average molecular weight is 218 g/mol. The molecule has 0 atom stereocenters. The molecule has 0 fully saturated rings. The summed E-state index contributed by atoms with van der Waals surface area (Å²) in [5.74, 6) is 0.309. The van der Waals surface area contributed by atoms with Crippen molar-refractivity contribution in [2.75, 3.05) is 0 Å². The molecular weight excluding hydrogens is 210 g/mol. The van der Waals surface area contributed by atoms with Crippen LogP contribution >= 0.6 is 11.6 Å². The van der Waals surface area contributed by atoms with E-state index in [1.54, 1.807) is 12.4 Å². The lowest BCUT2D eigenvalue weighted by molar-refractivity contribution is 1.10. The summed E-state index contributed by atoms with van der Waals surface area (Å²) in [4.78, 5) is 8.48. The van der Waals surface area contributed by atoms with Crippen molar-refractivity contribution in [3.63, 3.8) is 0 Å². The quantitative estimate of drug-likeness (QED) is 0.726. The molecule has 74 valence electrons. The van der Waals surface area contributed by atoms with Crippen molar-refractivity contribution in [3.05, 3.63) is 35.8 Å². The van der Waals surface area contributed by atoms with Crippen LogP contribution in [0.15, 0.2) is 24.5 Å². The van der Waals surface area contributed by atoms with E-state index in [4.69, 9.17) is 16.9 Å². The SMILES string of the molecule is N#CCc1c(CCl)ncc2cccnc12. The molecule has 0 bridgehead atoms. The van der Waals surface area contributed by atoms with Crippen molar-refractivity contribution < 1.29 is 0 Å². The number of fused-ring (bicyclic) bond motifs is 1. The fraction of sp³-hybridized carbons (Fsp3) is 0.182. The second-order valence-electron chi connectivity index (χ2n) is 3.09. The van der Waals surface area contributed by atoms with Crippen LogP contribution in [0.3, 0.4) is 0 Å². The highest BCUT2D eigenvalue weighted by Gasteiger charge is 2.08. The van der Waals surface area contributed by atoms with Gasteiger partial charge < -0.3 is 0 Å². The third-order valence-electron chi connectivity index (χ3n) is 2.21. The number of aromatic nitrogens is 2. The van der Waals surface area contributed by atoms with Crippen molar-refractivity contribution >= 4 is 22.5 Å². The Morgan fingerprint density at radius 3 is 3.00 bits per heavy atom. The van der Waals surface area contributed by atoms with Crippen LogP contribution in [0.25, 0.3) is 10.9 Å². The van der Waals surface area contributed by atoms with Crippen molar-refractivity contribution in [1.82, 2.24) is 9.97 Å². The van der Waals surface area contributed by atoms with Gasteiger partial charge in [0.1, 0.15) is 0 Å². The van der Waals surface area contributed by atoms with Gasteiger partial charge in [0.25, 0.3) is 0 Å². The molecule has 0 saturated carbocycles. The molecule has 0 unspecified atom stereocenters. The summed E-state index contributed by atoms with van der Waals surface area (Å²) < 4.78 is 0. The Labute approximate surface area is 92.3 Å². The van der Waals surface area contributed by atoms with Crippen LogP contribution in [0.1, 0.15) is 11.3 Å². The monoisotopic (exact) mass is 217 g/mol. The zero-order valence-corrected chi connectivity index (χ0v) is 8.70. The summed E-state index contributed by atoms with van der Waals surface area (Å²) in [5.41, 5.74) is 2.40. The predicted molar refractivity (Wildman–Crippen MR) is 58.4 cm³/mol. The first-order valence-corrected chi connectivity index (χ1v) is 5.04. The molecule has 0 amide bonds. The minimum absolute atomic E-state index is 0.295. The number of nitrogens with zero attached hydrogens (tertiary/aromatic N) is 3. The molecule has 4 heteroatoms. The van der Waals surface area contributed by atoms with E-state index in [0.29, 0.717) is 12.3 Å². The van der Waals surface area contributed by atoms with Gasteiger partial charge in [-0.2, -0.15) is 5.26 Å². The minimum Gasteiger partial charge on any atom is -0.259 e. The molecule has 0 aromatic carbocycles. The number of hydrogen-bond donors (Lipinski definition) is 0. The van der Waals surface area contributed by atoms with Gasteiger partial charge in [-0.15, -0.1) is 11.6 Å². The Balaban J connectivity index is 2.74. The summed E-state index contributed by atoms with van der Waals surface area (Å²) in [6, 6.07) is 5.88.